The van der Waals surface area contributed by atoms with Crippen LogP contribution in [-0.4, -0.2) is 9.97 Å². The van der Waals surface area contributed by atoms with Crippen LogP contribution in [0.4, 0.5) is 13.2 Å². The van der Waals surface area contributed by atoms with Gasteiger partial charge in [-0.3, -0.25) is 4.79 Å². The molecule has 0 aliphatic rings. The van der Waals surface area contributed by atoms with Crippen LogP contribution in [0.25, 0.3) is 0 Å². The summed E-state index contributed by atoms with van der Waals surface area (Å²) in [6, 6.07) is 6.44. The van der Waals surface area contributed by atoms with Crippen molar-refractivity contribution in [3.05, 3.63) is 52.2 Å². The second-order valence-corrected chi connectivity index (χ2v) is 3.77. The van der Waals surface area contributed by atoms with E-state index in [0.29, 0.717) is 11.9 Å². The molecule has 2 aromatic rings. The molecule has 0 amide bonds. The number of hydrogen-bond acceptors (Lipinski definition) is 3. The summed E-state index contributed by atoms with van der Waals surface area (Å²) in [6.45, 7) is 1.66. The summed E-state index contributed by atoms with van der Waals surface area (Å²) in [5.74, 6) is -0.684. The highest BCUT2D eigenvalue weighted by Gasteiger charge is 2.38. The SMILES string of the molecule is Cc1ccccc1Oc1c(C(F)(F)F)nc[nH]c1=O. The quantitative estimate of drug-likeness (QED) is 0.912. The lowest BCUT2D eigenvalue weighted by molar-refractivity contribution is -0.142. The van der Waals surface area contributed by atoms with Crippen LogP contribution < -0.4 is 10.3 Å². The largest absolute Gasteiger partial charge is 0.449 e. The molecule has 0 saturated heterocycles. The summed E-state index contributed by atoms with van der Waals surface area (Å²) in [5, 5.41) is 0. The number of benzene rings is 1. The third-order valence-corrected chi connectivity index (χ3v) is 2.38. The maximum atomic E-state index is 12.7. The van der Waals surface area contributed by atoms with Gasteiger partial charge < -0.3 is 9.72 Å². The average molecular weight is 270 g/mol. The Bertz CT molecular complexity index is 650. The molecule has 0 spiro atoms. The molecule has 7 heteroatoms. The number of nitrogens with zero attached hydrogens (tertiary/aromatic N) is 1. The molecule has 100 valence electrons. The van der Waals surface area contributed by atoms with Crippen molar-refractivity contribution in [3.8, 4) is 11.5 Å². The Morgan fingerprint density at radius 1 is 1.26 bits per heavy atom. The zero-order valence-electron chi connectivity index (χ0n) is 9.78. The van der Waals surface area contributed by atoms with E-state index in [-0.39, 0.29) is 5.75 Å². The zero-order valence-corrected chi connectivity index (χ0v) is 9.78. The van der Waals surface area contributed by atoms with Gasteiger partial charge in [0, 0.05) is 0 Å². The molecule has 0 aliphatic heterocycles. The summed E-state index contributed by atoms with van der Waals surface area (Å²) in [4.78, 5) is 16.7. The molecule has 0 aliphatic carbocycles. The highest BCUT2D eigenvalue weighted by Crippen LogP contribution is 2.34. The lowest BCUT2D eigenvalue weighted by atomic mass is 10.2. The summed E-state index contributed by atoms with van der Waals surface area (Å²) in [6.07, 6.45) is -4.07. The normalized spacial score (nSPS) is 11.4. The minimum Gasteiger partial charge on any atom is -0.449 e. The van der Waals surface area contributed by atoms with Crippen molar-refractivity contribution in [2.45, 2.75) is 13.1 Å². The lowest BCUT2D eigenvalue weighted by Gasteiger charge is -2.12. The number of aromatic nitrogens is 2. The molecular weight excluding hydrogens is 261 g/mol. The molecular formula is C12H9F3N2O2. The third kappa shape index (κ3) is 2.75. The van der Waals surface area contributed by atoms with Gasteiger partial charge in [-0.05, 0) is 18.6 Å². The van der Waals surface area contributed by atoms with Crippen molar-refractivity contribution in [2.75, 3.05) is 0 Å². The zero-order chi connectivity index (χ0) is 14.0. The first-order valence-corrected chi connectivity index (χ1v) is 5.28. The van der Waals surface area contributed by atoms with Crippen molar-refractivity contribution in [1.82, 2.24) is 9.97 Å². The molecule has 2 rings (SSSR count). The standard InChI is InChI=1S/C12H9F3N2O2/c1-7-4-2-3-5-8(7)19-9-10(12(13,14)15)16-6-17-11(9)18/h2-6H,1H3,(H,16,17,18). The van der Waals surface area contributed by atoms with E-state index in [1.54, 1.807) is 25.1 Å². The number of nitrogens with one attached hydrogen (secondary N) is 1. The van der Waals surface area contributed by atoms with Gasteiger partial charge in [0.1, 0.15) is 5.75 Å². The summed E-state index contributed by atoms with van der Waals surface area (Å²) < 4.78 is 43.3. The topological polar surface area (TPSA) is 55.0 Å². The minimum atomic E-state index is -4.76. The van der Waals surface area contributed by atoms with E-state index in [9.17, 15) is 18.0 Å². The highest BCUT2D eigenvalue weighted by atomic mass is 19.4. The van der Waals surface area contributed by atoms with Crippen LogP contribution in [0.5, 0.6) is 11.5 Å². The summed E-state index contributed by atoms with van der Waals surface area (Å²) in [5.41, 5.74) is -1.72. The molecule has 1 aromatic carbocycles. The average Bonchev–Trinajstić information content (AvgIpc) is 2.33. The first-order chi connectivity index (χ1) is 8.89. The van der Waals surface area contributed by atoms with Gasteiger partial charge in [0.2, 0.25) is 5.75 Å². The minimum absolute atomic E-state index is 0.173. The number of ether oxygens (including phenoxy) is 1. The fourth-order valence-corrected chi connectivity index (χ4v) is 1.46. The Hall–Kier alpha value is -2.31. The van der Waals surface area contributed by atoms with Crippen molar-refractivity contribution >= 4 is 0 Å². The number of alkyl halides is 3. The fraction of sp³-hybridized carbons (Fsp3) is 0.167. The van der Waals surface area contributed by atoms with E-state index in [4.69, 9.17) is 4.74 Å². The first kappa shape index (κ1) is 13.1. The number of hydrogen-bond donors (Lipinski definition) is 1. The van der Waals surface area contributed by atoms with Gasteiger partial charge in [-0.15, -0.1) is 0 Å². The van der Waals surface area contributed by atoms with Crippen LogP contribution in [0, 0.1) is 6.92 Å². The molecule has 4 nitrogen and oxygen atoms in total. The van der Waals surface area contributed by atoms with Gasteiger partial charge in [-0.2, -0.15) is 13.2 Å². The van der Waals surface area contributed by atoms with Crippen molar-refractivity contribution < 1.29 is 17.9 Å². The van der Waals surface area contributed by atoms with Crippen LogP contribution in [0.15, 0.2) is 35.4 Å². The molecule has 0 radical (unpaired) electrons. The first-order valence-electron chi connectivity index (χ1n) is 5.28. The third-order valence-electron chi connectivity index (χ3n) is 2.38. The van der Waals surface area contributed by atoms with Crippen molar-refractivity contribution in [3.63, 3.8) is 0 Å². The molecule has 0 bridgehead atoms. The Labute approximate surface area is 105 Å². The van der Waals surface area contributed by atoms with Crippen LogP contribution in [0.3, 0.4) is 0 Å². The van der Waals surface area contributed by atoms with Crippen LogP contribution in [0.2, 0.25) is 0 Å². The van der Waals surface area contributed by atoms with Gasteiger partial charge >= 0.3 is 6.18 Å². The van der Waals surface area contributed by atoms with Gasteiger partial charge in [-0.1, -0.05) is 18.2 Å². The molecule has 0 atom stereocenters. The fourth-order valence-electron chi connectivity index (χ4n) is 1.46. The summed E-state index contributed by atoms with van der Waals surface area (Å²) in [7, 11) is 0. The number of aryl methyl sites for hydroxylation is 1. The van der Waals surface area contributed by atoms with Crippen molar-refractivity contribution in [2.24, 2.45) is 0 Å². The van der Waals surface area contributed by atoms with Gasteiger partial charge in [0.05, 0.1) is 6.33 Å². The van der Waals surface area contributed by atoms with E-state index < -0.39 is 23.2 Å². The number of halogens is 3. The van der Waals surface area contributed by atoms with Crippen LogP contribution in [-0.2, 0) is 6.18 Å². The summed E-state index contributed by atoms with van der Waals surface area (Å²) >= 11 is 0. The highest BCUT2D eigenvalue weighted by molar-refractivity contribution is 5.38. The molecule has 0 unspecified atom stereocenters. The Morgan fingerprint density at radius 3 is 2.58 bits per heavy atom. The molecule has 0 saturated carbocycles. The van der Waals surface area contributed by atoms with Crippen LogP contribution in [0.1, 0.15) is 11.3 Å². The molecule has 1 N–H and O–H groups in total. The molecule has 0 fully saturated rings. The second-order valence-electron chi connectivity index (χ2n) is 3.77. The van der Waals surface area contributed by atoms with E-state index >= 15 is 0 Å². The number of aromatic amines is 1. The maximum Gasteiger partial charge on any atom is 0.437 e. The maximum absolute atomic E-state index is 12.7. The second kappa shape index (κ2) is 4.75. The van der Waals surface area contributed by atoms with E-state index in [1.165, 1.54) is 6.07 Å². The monoisotopic (exact) mass is 270 g/mol. The smallest absolute Gasteiger partial charge is 0.437 e. The Balaban J connectivity index is 2.52. The predicted molar refractivity (Wildman–Crippen MR) is 61.1 cm³/mol. The lowest BCUT2D eigenvalue weighted by Crippen LogP contribution is -2.19. The number of H-pyrrole nitrogens is 1. The molecule has 1 heterocycles. The Morgan fingerprint density at radius 2 is 1.95 bits per heavy atom. The Kier molecular flexibility index (Phi) is 3.28. The molecule has 19 heavy (non-hydrogen) atoms. The van der Waals surface area contributed by atoms with Gasteiger partial charge in [-0.25, -0.2) is 4.98 Å². The number of rotatable bonds is 2. The van der Waals surface area contributed by atoms with E-state index in [2.05, 4.69) is 9.97 Å². The van der Waals surface area contributed by atoms with E-state index in [0.717, 1.165) is 0 Å². The molecule has 1 aromatic heterocycles. The van der Waals surface area contributed by atoms with Crippen molar-refractivity contribution in [1.29, 1.82) is 0 Å². The van der Waals surface area contributed by atoms with Crippen LogP contribution >= 0.6 is 0 Å². The van der Waals surface area contributed by atoms with Gasteiger partial charge in [0.25, 0.3) is 5.56 Å². The van der Waals surface area contributed by atoms with E-state index in [1.807, 2.05) is 0 Å². The predicted octanol–water partition coefficient (Wildman–Crippen LogP) is 2.89. The van der Waals surface area contributed by atoms with Gasteiger partial charge in [0.15, 0.2) is 5.69 Å². The number of para-hydroxylation sites is 1.